The maximum Gasteiger partial charge on any atom is 0.254 e. The second kappa shape index (κ2) is 13.6. The maximum atomic E-state index is 13.0. The molecule has 232 valence electrons. The minimum atomic E-state index is -0.706. The third-order valence-corrected chi connectivity index (χ3v) is 8.13. The lowest BCUT2D eigenvalue weighted by Crippen LogP contribution is -2.39. The molecule has 0 unspecified atom stereocenters. The van der Waals surface area contributed by atoms with Crippen molar-refractivity contribution in [2.45, 2.75) is 64.0 Å². The van der Waals surface area contributed by atoms with Gasteiger partial charge >= 0.3 is 0 Å². The van der Waals surface area contributed by atoms with E-state index in [1.807, 2.05) is 17.8 Å². The number of hydrogen-bond acceptors (Lipinski definition) is 9. The molecular formula is C31H39N9O4. The fourth-order valence-electron chi connectivity index (χ4n) is 5.79. The number of primary amides is 1. The number of nitrogens with one attached hydrogen (secondary N) is 3. The number of hydrogen-bond donors (Lipinski definition) is 4. The van der Waals surface area contributed by atoms with Gasteiger partial charge in [-0.1, -0.05) is 25.8 Å². The molecule has 5 rings (SSSR count). The maximum absolute atomic E-state index is 13.0. The van der Waals surface area contributed by atoms with Gasteiger partial charge in [0.2, 0.25) is 11.9 Å². The van der Waals surface area contributed by atoms with Gasteiger partial charge in [-0.05, 0) is 56.4 Å². The number of piperidine rings is 1. The number of methoxy groups -OCH3 is 1. The Bertz CT molecular complexity index is 1550. The molecule has 1 aliphatic carbocycles. The summed E-state index contributed by atoms with van der Waals surface area (Å²) in [5.74, 6) is -0.140. The summed E-state index contributed by atoms with van der Waals surface area (Å²) in [6.07, 6.45) is 13.3. The number of carbonyl (C=O) groups is 3. The van der Waals surface area contributed by atoms with Crippen molar-refractivity contribution in [1.82, 2.24) is 30.0 Å². The van der Waals surface area contributed by atoms with Gasteiger partial charge in [-0.25, -0.2) is 4.98 Å². The first-order valence-electron chi connectivity index (χ1n) is 14.9. The third kappa shape index (κ3) is 6.99. The number of nitrogens with zero attached hydrogens (tertiary/aromatic N) is 5. The van der Waals surface area contributed by atoms with E-state index in [2.05, 4.69) is 37.6 Å². The van der Waals surface area contributed by atoms with Crippen molar-refractivity contribution in [3.05, 3.63) is 60.1 Å². The van der Waals surface area contributed by atoms with Gasteiger partial charge < -0.3 is 31.3 Å². The molecule has 2 aliphatic rings. The number of anilines is 4. The van der Waals surface area contributed by atoms with E-state index < -0.39 is 5.91 Å². The SMILES string of the molecule is C=CC(=O)N1CCC[C@@H](n2cc(Nc3ncc(C(N)=O)c(Nc4c(C)cc(C(=O)NC5CCCCC5)cc4OC)n3)cn2)C1. The van der Waals surface area contributed by atoms with Crippen molar-refractivity contribution < 1.29 is 19.1 Å². The molecule has 0 bridgehead atoms. The lowest BCUT2D eigenvalue weighted by Gasteiger charge is -2.32. The minimum Gasteiger partial charge on any atom is -0.495 e. The largest absolute Gasteiger partial charge is 0.495 e. The third-order valence-electron chi connectivity index (χ3n) is 8.13. The van der Waals surface area contributed by atoms with Crippen LogP contribution in [0.3, 0.4) is 0 Å². The van der Waals surface area contributed by atoms with E-state index in [4.69, 9.17) is 10.5 Å². The van der Waals surface area contributed by atoms with Crippen LogP contribution in [0.5, 0.6) is 5.75 Å². The van der Waals surface area contributed by atoms with Gasteiger partial charge in [0.15, 0.2) is 0 Å². The highest BCUT2D eigenvalue weighted by molar-refractivity contribution is 5.99. The van der Waals surface area contributed by atoms with Crippen LogP contribution in [0.2, 0.25) is 0 Å². The Morgan fingerprint density at radius 2 is 1.89 bits per heavy atom. The number of amides is 3. The molecule has 13 heteroatoms. The molecule has 1 aromatic carbocycles. The smallest absolute Gasteiger partial charge is 0.254 e. The summed E-state index contributed by atoms with van der Waals surface area (Å²) in [7, 11) is 1.52. The number of ether oxygens (including phenoxy) is 1. The number of rotatable bonds is 10. The second-order valence-corrected chi connectivity index (χ2v) is 11.2. The number of aromatic nitrogens is 4. The summed E-state index contributed by atoms with van der Waals surface area (Å²) >= 11 is 0. The summed E-state index contributed by atoms with van der Waals surface area (Å²) in [4.78, 5) is 48.0. The van der Waals surface area contributed by atoms with Crippen LogP contribution in [-0.4, -0.2) is 68.6 Å². The highest BCUT2D eigenvalue weighted by atomic mass is 16.5. The average molecular weight is 602 g/mol. The van der Waals surface area contributed by atoms with E-state index >= 15 is 0 Å². The topological polar surface area (TPSA) is 169 Å². The van der Waals surface area contributed by atoms with Crippen LogP contribution in [0.4, 0.5) is 23.1 Å². The van der Waals surface area contributed by atoms with Crippen molar-refractivity contribution in [1.29, 1.82) is 0 Å². The van der Waals surface area contributed by atoms with E-state index in [9.17, 15) is 14.4 Å². The van der Waals surface area contributed by atoms with Crippen LogP contribution in [0.25, 0.3) is 0 Å². The zero-order valence-electron chi connectivity index (χ0n) is 25.1. The zero-order chi connectivity index (χ0) is 31.2. The molecule has 0 spiro atoms. The Labute approximate surface area is 256 Å². The quantitative estimate of drug-likeness (QED) is 0.251. The standard InChI is InChI=1S/C31H39N9O4/c1-4-26(41)39-12-8-11-23(18-39)40-17-22(15-34-40)36-31-33-16-24(28(32)42)29(38-31)37-27-19(2)13-20(14-25(27)44-3)30(43)35-21-9-6-5-7-10-21/h4,13-17,21,23H,1,5-12,18H2,2-3H3,(H2,32,42)(H,35,43)(H2,33,36,37,38)/t23-/m1/s1. The van der Waals surface area contributed by atoms with Gasteiger partial charge in [0.1, 0.15) is 17.1 Å². The molecule has 2 aromatic heterocycles. The van der Waals surface area contributed by atoms with E-state index in [-0.39, 0.29) is 41.2 Å². The van der Waals surface area contributed by atoms with Crippen LogP contribution in [0.15, 0.2) is 43.4 Å². The Balaban J connectivity index is 1.34. The lowest BCUT2D eigenvalue weighted by atomic mass is 9.95. The van der Waals surface area contributed by atoms with Crippen LogP contribution in [0.1, 0.15) is 77.3 Å². The summed E-state index contributed by atoms with van der Waals surface area (Å²) in [6, 6.07) is 3.65. The molecule has 1 saturated carbocycles. The first kappa shape index (κ1) is 30.5. The minimum absolute atomic E-state index is 0.0294. The van der Waals surface area contributed by atoms with Gasteiger partial charge in [0.25, 0.3) is 11.8 Å². The molecule has 13 nitrogen and oxygen atoms in total. The Morgan fingerprint density at radius 1 is 1.09 bits per heavy atom. The predicted molar refractivity (Wildman–Crippen MR) is 166 cm³/mol. The predicted octanol–water partition coefficient (Wildman–Crippen LogP) is 3.99. The number of nitrogens with two attached hydrogens (primary N) is 1. The van der Waals surface area contributed by atoms with Crippen LogP contribution in [0, 0.1) is 6.92 Å². The van der Waals surface area contributed by atoms with Gasteiger partial charge in [-0.15, -0.1) is 0 Å². The molecule has 2 fully saturated rings. The summed E-state index contributed by atoms with van der Waals surface area (Å²) in [6.45, 7) is 6.67. The van der Waals surface area contributed by atoms with Gasteiger partial charge in [0, 0.05) is 37.1 Å². The molecule has 3 amide bonds. The van der Waals surface area contributed by atoms with Crippen molar-refractivity contribution in [2.75, 3.05) is 30.8 Å². The van der Waals surface area contributed by atoms with Crippen LogP contribution >= 0.6 is 0 Å². The fraction of sp³-hybridized carbons (Fsp3) is 0.419. The van der Waals surface area contributed by atoms with Crippen molar-refractivity contribution in [3.8, 4) is 5.75 Å². The number of aryl methyl sites for hydroxylation is 1. The molecule has 44 heavy (non-hydrogen) atoms. The molecule has 1 atom stereocenters. The Morgan fingerprint density at radius 3 is 2.61 bits per heavy atom. The lowest BCUT2D eigenvalue weighted by molar-refractivity contribution is -0.127. The highest BCUT2D eigenvalue weighted by Crippen LogP contribution is 2.34. The van der Waals surface area contributed by atoms with Gasteiger partial charge in [0.05, 0.1) is 30.7 Å². The van der Waals surface area contributed by atoms with E-state index in [0.717, 1.165) is 44.1 Å². The first-order valence-corrected chi connectivity index (χ1v) is 14.9. The fourth-order valence-corrected chi connectivity index (χ4v) is 5.79. The van der Waals surface area contributed by atoms with Gasteiger partial charge in [-0.2, -0.15) is 10.1 Å². The number of carbonyl (C=O) groups excluding carboxylic acids is 3. The molecule has 1 aliphatic heterocycles. The van der Waals surface area contributed by atoms with Crippen molar-refractivity contribution in [3.63, 3.8) is 0 Å². The Hall–Kier alpha value is -4.94. The van der Waals surface area contributed by atoms with E-state index in [1.54, 1.807) is 23.2 Å². The number of benzene rings is 1. The summed E-state index contributed by atoms with van der Waals surface area (Å²) in [5.41, 5.74) is 8.12. The van der Waals surface area contributed by atoms with Gasteiger partial charge in [-0.3, -0.25) is 19.1 Å². The Kier molecular flexibility index (Phi) is 9.41. The summed E-state index contributed by atoms with van der Waals surface area (Å²) in [5, 5.41) is 13.9. The first-order chi connectivity index (χ1) is 21.2. The van der Waals surface area contributed by atoms with Crippen LogP contribution < -0.4 is 26.4 Å². The molecule has 0 radical (unpaired) electrons. The van der Waals surface area contributed by atoms with E-state index in [0.29, 0.717) is 35.8 Å². The monoisotopic (exact) mass is 601 g/mol. The molecule has 1 saturated heterocycles. The second-order valence-electron chi connectivity index (χ2n) is 11.2. The van der Waals surface area contributed by atoms with Crippen LogP contribution in [-0.2, 0) is 4.79 Å². The normalized spacial score (nSPS) is 17.0. The molecule has 5 N–H and O–H groups in total. The summed E-state index contributed by atoms with van der Waals surface area (Å²) < 4.78 is 7.46. The zero-order valence-corrected chi connectivity index (χ0v) is 25.1. The molecule has 3 aromatic rings. The number of likely N-dealkylation sites (tertiary alicyclic amines) is 1. The van der Waals surface area contributed by atoms with Crippen molar-refractivity contribution >= 4 is 40.9 Å². The molecular weight excluding hydrogens is 562 g/mol. The van der Waals surface area contributed by atoms with Crippen molar-refractivity contribution in [2.24, 2.45) is 5.73 Å². The molecule has 3 heterocycles. The average Bonchev–Trinajstić information content (AvgIpc) is 3.50. The van der Waals surface area contributed by atoms with E-state index in [1.165, 1.54) is 25.8 Å². The highest BCUT2D eigenvalue weighted by Gasteiger charge is 2.25.